The van der Waals surface area contributed by atoms with Crippen LogP contribution in [-0.4, -0.2) is 44.2 Å². The Labute approximate surface area is 120 Å². The van der Waals surface area contributed by atoms with Gasteiger partial charge in [-0.3, -0.25) is 14.3 Å². The molecule has 114 valence electrons. The number of aromatic nitrogens is 2. The first-order chi connectivity index (χ1) is 9.85. The largest absolute Gasteiger partial charge is 0.394 e. The summed E-state index contributed by atoms with van der Waals surface area (Å²) in [6.45, 7) is -0.770. The summed E-state index contributed by atoms with van der Waals surface area (Å²) in [7, 11) is 0. The highest BCUT2D eigenvalue weighted by atomic mass is 35.5. The zero-order valence-corrected chi connectivity index (χ0v) is 11.0. The van der Waals surface area contributed by atoms with Crippen LogP contribution in [0.3, 0.4) is 0 Å². The van der Waals surface area contributed by atoms with Crippen LogP contribution in [0.25, 0.3) is 0 Å². The SMILES string of the molecule is O=c1[nH]c(=O)n([C@@H]2O[C@H](CO)[C@H](O)C2(F)C#CCl)cc1F. The third-order valence-electron chi connectivity index (χ3n) is 3.04. The highest BCUT2D eigenvalue weighted by molar-refractivity contribution is 6.30. The van der Waals surface area contributed by atoms with Crippen molar-refractivity contribution < 1.29 is 23.7 Å². The second kappa shape index (κ2) is 5.57. The van der Waals surface area contributed by atoms with Gasteiger partial charge in [0.1, 0.15) is 12.2 Å². The Morgan fingerprint density at radius 1 is 1.57 bits per heavy atom. The Morgan fingerprint density at radius 2 is 2.24 bits per heavy atom. The summed E-state index contributed by atoms with van der Waals surface area (Å²) < 4.78 is 33.4. The molecule has 2 heterocycles. The quantitative estimate of drug-likeness (QED) is 0.595. The lowest BCUT2D eigenvalue weighted by atomic mass is 9.97. The van der Waals surface area contributed by atoms with Crippen molar-refractivity contribution in [3.8, 4) is 11.3 Å². The molecule has 0 radical (unpaired) electrons. The molecule has 21 heavy (non-hydrogen) atoms. The van der Waals surface area contributed by atoms with E-state index in [2.05, 4.69) is 0 Å². The minimum atomic E-state index is -2.87. The van der Waals surface area contributed by atoms with E-state index in [9.17, 15) is 23.5 Å². The van der Waals surface area contributed by atoms with Gasteiger partial charge in [0.15, 0.2) is 6.23 Å². The minimum Gasteiger partial charge on any atom is -0.394 e. The Bertz CT molecular complexity index is 724. The molecular formula is C11H9ClF2N2O5. The minimum absolute atomic E-state index is 0.386. The summed E-state index contributed by atoms with van der Waals surface area (Å²) in [6.07, 6.45) is -4.81. The molecule has 3 N–H and O–H groups in total. The van der Waals surface area contributed by atoms with Crippen molar-refractivity contribution in [2.45, 2.75) is 24.1 Å². The number of aromatic amines is 1. The molecule has 1 aromatic heterocycles. The first kappa shape index (κ1) is 15.7. The molecule has 1 saturated heterocycles. The fourth-order valence-electron chi connectivity index (χ4n) is 2.01. The average Bonchev–Trinajstić information content (AvgIpc) is 2.67. The van der Waals surface area contributed by atoms with Crippen LogP contribution < -0.4 is 11.2 Å². The van der Waals surface area contributed by atoms with Gasteiger partial charge in [-0.25, -0.2) is 9.18 Å². The Hall–Kier alpha value is -1.73. The van der Waals surface area contributed by atoms with Crippen LogP contribution in [0, 0.1) is 17.1 Å². The van der Waals surface area contributed by atoms with Crippen molar-refractivity contribution in [3.63, 3.8) is 0 Å². The smallest absolute Gasteiger partial charge is 0.330 e. The van der Waals surface area contributed by atoms with Crippen molar-refractivity contribution >= 4 is 11.6 Å². The van der Waals surface area contributed by atoms with Gasteiger partial charge in [-0.2, -0.15) is 4.39 Å². The lowest BCUT2D eigenvalue weighted by Crippen LogP contribution is -2.45. The van der Waals surface area contributed by atoms with E-state index >= 15 is 0 Å². The maximum absolute atomic E-state index is 14.8. The van der Waals surface area contributed by atoms with Crippen LogP contribution in [0.1, 0.15) is 6.23 Å². The van der Waals surface area contributed by atoms with Gasteiger partial charge in [-0.1, -0.05) is 0 Å². The van der Waals surface area contributed by atoms with E-state index in [1.807, 2.05) is 5.92 Å². The van der Waals surface area contributed by atoms with E-state index in [4.69, 9.17) is 21.4 Å². The fourth-order valence-corrected chi connectivity index (χ4v) is 2.15. The normalized spacial score (nSPS) is 31.8. The summed E-state index contributed by atoms with van der Waals surface area (Å²) in [5.74, 6) is 0.473. The van der Waals surface area contributed by atoms with E-state index in [0.29, 0.717) is 10.8 Å². The van der Waals surface area contributed by atoms with Gasteiger partial charge >= 0.3 is 5.69 Å². The van der Waals surface area contributed by atoms with Gasteiger partial charge in [0.05, 0.1) is 12.8 Å². The number of alkyl halides is 1. The number of aliphatic hydroxyl groups excluding tert-OH is 2. The third kappa shape index (κ3) is 2.47. The molecular weight excluding hydrogens is 314 g/mol. The molecule has 0 amide bonds. The monoisotopic (exact) mass is 322 g/mol. The van der Waals surface area contributed by atoms with Crippen LogP contribution >= 0.6 is 11.6 Å². The van der Waals surface area contributed by atoms with Crippen LogP contribution in [0.15, 0.2) is 15.8 Å². The molecule has 0 bridgehead atoms. The zero-order valence-electron chi connectivity index (χ0n) is 10.2. The molecule has 10 heteroatoms. The van der Waals surface area contributed by atoms with E-state index in [0.717, 1.165) is 0 Å². The second-order valence-corrected chi connectivity index (χ2v) is 4.47. The maximum atomic E-state index is 14.8. The number of rotatable bonds is 2. The molecule has 0 saturated carbocycles. The lowest BCUT2D eigenvalue weighted by molar-refractivity contribution is -0.0547. The molecule has 1 fully saturated rings. The van der Waals surface area contributed by atoms with Crippen molar-refractivity contribution in [2.75, 3.05) is 6.61 Å². The van der Waals surface area contributed by atoms with Crippen LogP contribution in [0.2, 0.25) is 0 Å². The second-order valence-electron chi connectivity index (χ2n) is 4.29. The van der Waals surface area contributed by atoms with Crippen molar-refractivity contribution in [1.82, 2.24) is 9.55 Å². The molecule has 0 spiro atoms. The number of halogens is 3. The highest BCUT2D eigenvalue weighted by Gasteiger charge is 2.58. The molecule has 0 aromatic carbocycles. The van der Waals surface area contributed by atoms with Crippen LogP contribution in [0.4, 0.5) is 8.78 Å². The maximum Gasteiger partial charge on any atom is 0.330 e. The van der Waals surface area contributed by atoms with Crippen molar-refractivity contribution in [1.29, 1.82) is 0 Å². The zero-order chi connectivity index (χ0) is 15.8. The lowest BCUT2D eigenvalue weighted by Gasteiger charge is -2.23. The number of ether oxygens (including phenoxy) is 1. The number of nitrogens with one attached hydrogen (secondary N) is 1. The topological polar surface area (TPSA) is 105 Å². The summed E-state index contributed by atoms with van der Waals surface area (Å²) in [6, 6.07) is 0. The van der Waals surface area contributed by atoms with Gasteiger partial charge in [0, 0.05) is 5.38 Å². The average molecular weight is 323 g/mol. The Kier molecular flexibility index (Phi) is 4.15. The van der Waals surface area contributed by atoms with E-state index < -0.39 is 47.8 Å². The highest BCUT2D eigenvalue weighted by Crippen LogP contribution is 2.40. The van der Waals surface area contributed by atoms with E-state index in [-0.39, 0.29) is 0 Å². The molecule has 7 nitrogen and oxygen atoms in total. The first-order valence-corrected chi connectivity index (χ1v) is 6.00. The van der Waals surface area contributed by atoms with Gasteiger partial charge in [-0.15, -0.1) is 0 Å². The number of nitrogens with zero attached hydrogens (tertiary/aromatic N) is 1. The molecule has 2 rings (SSSR count). The summed E-state index contributed by atoms with van der Waals surface area (Å²) in [4.78, 5) is 24.2. The van der Waals surface area contributed by atoms with Crippen molar-refractivity contribution in [3.05, 3.63) is 32.9 Å². The number of H-pyrrole nitrogens is 1. The van der Waals surface area contributed by atoms with Gasteiger partial charge in [0.25, 0.3) is 5.56 Å². The third-order valence-corrected chi connectivity index (χ3v) is 3.14. The number of hydrogen-bond donors (Lipinski definition) is 3. The molecule has 4 atom stereocenters. The van der Waals surface area contributed by atoms with Gasteiger partial charge in [0.2, 0.25) is 11.5 Å². The fraction of sp³-hybridized carbons (Fsp3) is 0.455. The first-order valence-electron chi connectivity index (χ1n) is 5.62. The summed E-state index contributed by atoms with van der Waals surface area (Å²) in [5, 5.41) is 20.5. The predicted octanol–water partition coefficient (Wildman–Crippen LogP) is -1.17. The van der Waals surface area contributed by atoms with Crippen molar-refractivity contribution in [2.24, 2.45) is 0 Å². The number of aliphatic hydroxyl groups is 2. The predicted molar refractivity (Wildman–Crippen MR) is 65.8 cm³/mol. The summed E-state index contributed by atoms with van der Waals surface area (Å²) in [5.41, 5.74) is -5.33. The summed E-state index contributed by atoms with van der Waals surface area (Å²) >= 11 is 5.13. The van der Waals surface area contributed by atoms with Gasteiger partial charge < -0.3 is 14.9 Å². The van der Waals surface area contributed by atoms with Gasteiger partial charge in [-0.05, 0) is 17.5 Å². The van der Waals surface area contributed by atoms with Crippen LogP contribution in [0.5, 0.6) is 0 Å². The van der Waals surface area contributed by atoms with E-state index in [1.165, 1.54) is 0 Å². The van der Waals surface area contributed by atoms with Crippen LogP contribution in [-0.2, 0) is 4.74 Å². The van der Waals surface area contributed by atoms with E-state index in [1.54, 1.807) is 10.4 Å². The Morgan fingerprint density at radius 3 is 2.81 bits per heavy atom. The Balaban J connectivity index is 2.60. The molecule has 1 aromatic rings. The molecule has 0 aliphatic carbocycles. The molecule has 1 aliphatic rings. The number of hydrogen-bond acceptors (Lipinski definition) is 5. The molecule has 1 aliphatic heterocycles. The molecule has 1 unspecified atom stereocenters. The standard InChI is InChI=1S/C11H9ClF2N2O5/c12-2-1-11(14)7(18)6(4-17)21-9(11)16-3-5(13)8(19)15-10(16)20/h3,6-7,9,17-18H,4H2,(H,15,19,20)/t6-,7+,9-,11?/m1/s1.